The molecule has 0 spiro atoms. The van der Waals surface area contributed by atoms with Crippen molar-refractivity contribution in [1.29, 1.82) is 0 Å². The van der Waals surface area contributed by atoms with Crippen LogP contribution in [0.25, 0.3) is 5.82 Å². The van der Waals surface area contributed by atoms with Crippen molar-refractivity contribution < 1.29 is 4.79 Å². The molecule has 0 aliphatic rings. The van der Waals surface area contributed by atoms with E-state index in [2.05, 4.69) is 20.4 Å². The Balaban J connectivity index is 2.01. The van der Waals surface area contributed by atoms with Gasteiger partial charge in [-0.2, -0.15) is 5.10 Å². The quantitative estimate of drug-likeness (QED) is 0.825. The average Bonchev–Trinajstić information content (AvgIpc) is 2.94. The van der Waals surface area contributed by atoms with Gasteiger partial charge in [0.05, 0.1) is 17.9 Å². The summed E-state index contributed by atoms with van der Waals surface area (Å²) in [5, 5.41) is 6.69. The zero-order valence-electron chi connectivity index (χ0n) is 10.7. The van der Waals surface area contributed by atoms with Crippen LogP contribution in [-0.2, 0) is 4.79 Å². The number of rotatable bonds is 5. The van der Waals surface area contributed by atoms with Crippen molar-refractivity contribution in [2.24, 2.45) is 5.73 Å². The van der Waals surface area contributed by atoms with Gasteiger partial charge in [-0.25, -0.2) is 14.6 Å². The van der Waals surface area contributed by atoms with E-state index >= 15 is 0 Å². The molecular weight excluding hydrogens is 244 g/mol. The fraction of sp³-hybridized carbons (Fsp3) is 0.333. The van der Waals surface area contributed by atoms with Gasteiger partial charge in [-0.1, -0.05) is 13.3 Å². The molecular formula is C12H16N6O. The third-order valence-corrected chi connectivity index (χ3v) is 2.61. The normalized spacial score (nSPS) is 12.1. The maximum absolute atomic E-state index is 11.7. The number of hydrogen-bond donors (Lipinski definition) is 2. The molecule has 3 N–H and O–H groups in total. The Morgan fingerprint density at radius 3 is 2.95 bits per heavy atom. The van der Waals surface area contributed by atoms with Crippen molar-refractivity contribution >= 4 is 11.6 Å². The lowest BCUT2D eigenvalue weighted by atomic mass is 10.1. The van der Waals surface area contributed by atoms with Crippen molar-refractivity contribution in [3.8, 4) is 5.82 Å². The van der Waals surface area contributed by atoms with Gasteiger partial charge in [0.1, 0.15) is 12.7 Å². The van der Waals surface area contributed by atoms with Gasteiger partial charge in [0.25, 0.3) is 0 Å². The van der Waals surface area contributed by atoms with Crippen LogP contribution in [0, 0.1) is 0 Å². The molecule has 0 bridgehead atoms. The lowest BCUT2D eigenvalue weighted by Gasteiger charge is -2.11. The lowest BCUT2D eigenvalue weighted by Crippen LogP contribution is -2.35. The van der Waals surface area contributed by atoms with E-state index in [9.17, 15) is 4.79 Å². The molecule has 0 saturated carbocycles. The summed E-state index contributed by atoms with van der Waals surface area (Å²) in [6, 6.07) is 3.01. The van der Waals surface area contributed by atoms with E-state index in [1.54, 1.807) is 24.7 Å². The first-order chi connectivity index (χ1) is 9.20. The summed E-state index contributed by atoms with van der Waals surface area (Å²) in [5.41, 5.74) is 6.34. The van der Waals surface area contributed by atoms with Crippen LogP contribution < -0.4 is 11.1 Å². The predicted molar refractivity (Wildman–Crippen MR) is 70.7 cm³/mol. The molecule has 2 aromatic rings. The van der Waals surface area contributed by atoms with Crippen LogP contribution >= 0.6 is 0 Å². The second-order valence-corrected chi connectivity index (χ2v) is 4.13. The summed E-state index contributed by atoms with van der Waals surface area (Å²) in [7, 11) is 0. The number of carbonyl (C=O) groups excluding carboxylic acids is 1. The molecule has 19 heavy (non-hydrogen) atoms. The predicted octanol–water partition coefficient (Wildman–Crippen LogP) is 0.728. The van der Waals surface area contributed by atoms with Crippen LogP contribution in [0.4, 0.5) is 5.69 Å². The highest BCUT2D eigenvalue weighted by molar-refractivity contribution is 5.94. The van der Waals surface area contributed by atoms with E-state index in [-0.39, 0.29) is 5.91 Å². The van der Waals surface area contributed by atoms with Gasteiger partial charge < -0.3 is 11.1 Å². The second-order valence-electron chi connectivity index (χ2n) is 4.13. The summed E-state index contributed by atoms with van der Waals surface area (Å²) >= 11 is 0. The summed E-state index contributed by atoms with van der Waals surface area (Å²) in [6.07, 6.45) is 6.08. The Bertz CT molecular complexity index is 522. The van der Waals surface area contributed by atoms with Crippen molar-refractivity contribution in [2.75, 3.05) is 5.32 Å². The molecule has 7 heteroatoms. The van der Waals surface area contributed by atoms with Gasteiger partial charge in [0.15, 0.2) is 5.82 Å². The molecule has 7 nitrogen and oxygen atoms in total. The Morgan fingerprint density at radius 1 is 1.53 bits per heavy atom. The van der Waals surface area contributed by atoms with E-state index in [1.165, 1.54) is 11.0 Å². The van der Waals surface area contributed by atoms with Crippen LogP contribution in [0.2, 0.25) is 0 Å². The first kappa shape index (κ1) is 13.2. The fourth-order valence-electron chi connectivity index (χ4n) is 1.60. The Hall–Kier alpha value is -2.28. The van der Waals surface area contributed by atoms with Gasteiger partial charge in [-0.3, -0.25) is 4.79 Å². The van der Waals surface area contributed by atoms with Gasteiger partial charge in [0.2, 0.25) is 5.91 Å². The molecule has 0 aliphatic carbocycles. The minimum Gasteiger partial charge on any atom is -0.323 e. The largest absolute Gasteiger partial charge is 0.323 e. The van der Waals surface area contributed by atoms with Gasteiger partial charge in [-0.15, -0.1) is 0 Å². The number of nitrogens with two attached hydrogens (primary N) is 1. The molecule has 2 aromatic heterocycles. The second kappa shape index (κ2) is 6.05. The van der Waals surface area contributed by atoms with Crippen LogP contribution in [0.1, 0.15) is 19.8 Å². The third kappa shape index (κ3) is 3.35. The minimum absolute atomic E-state index is 0.197. The molecule has 0 aliphatic heterocycles. The Kier molecular flexibility index (Phi) is 4.19. The topological polar surface area (TPSA) is 98.7 Å². The number of carbonyl (C=O) groups is 1. The number of nitrogens with one attached hydrogen (secondary N) is 1. The molecule has 0 radical (unpaired) electrons. The third-order valence-electron chi connectivity index (χ3n) is 2.61. The Labute approximate surface area is 110 Å². The highest BCUT2D eigenvalue weighted by Gasteiger charge is 2.12. The molecule has 2 heterocycles. The van der Waals surface area contributed by atoms with Crippen molar-refractivity contribution in [3.63, 3.8) is 0 Å². The van der Waals surface area contributed by atoms with E-state index in [1.807, 2.05) is 6.92 Å². The van der Waals surface area contributed by atoms with Gasteiger partial charge >= 0.3 is 0 Å². The standard InChI is InChI=1S/C12H16N6O/c1-2-3-10(13)12(19)17-9-4-5-11(15-6-9)18-8-14-7-16-18/h4-8,10H,2-3,13H2,1H3,(H,17,19). The average molecular weight is 260 g/mol. The van der Waals surface area contributed by atoms with Crippen LogP contribution in [0.3, 0.4) is 0 Å². The van der Waals surface area contributed by atoms with Crippen molar-refractivity contribution in [1.82, 2.24) is 19.7 Å². The molecule has 0 saturated heterocycles. The number of amides is 1. The van der Waals surface area contributed by atoms with Crippen molar-refractivity contribution in [3.05, 3.63) is 31.0 Å². The van der Waals surface area contributed by atoms with Gasteiger partial charge in [0, 0.05) is 0 Å². The number of pyridine rings is 1. The lowest BCUT2D eigenvalue weighted by molar-refractivity contribution is -0.117. The summed E-state index contributed by atoms with van der Waals surface area (Å²) in [6.45, 7) is 1.99. The molecule has 2 rings (SSSR count). The molecule has 0 fully saturated rings. The number of nitrogens with zero attached hydrogens (tertiary/aromatic N) is 4. The minimum atomic E-state index is -0.486. The van der Waals surface area contributed by atoms with Crippen LogP contribution in [0.5, 0.6) is 0 Å². The van der Waals surface area contributed by atoms with Crippen LogP contribution in [0.15, 0.2) is 31.0 Å². The highest BCUT2D eigenvalue weighted by Crippen LogP contribution is 2.09. The number of aromatic nitrogens is 4. The highest BCUT2D eigenvalue weighted by atomic mass is 16.2. The fourth-order valence-corrected chi connectivity index (χ4v) is 1.60. The maximum atomic E-state index is 11.7. The molecule has 1 unspecified atom stereocenters. The van der Waals surface area contributed by atoms with E-state index < -0.39 is 6.04 Å². The first-order valence-corrected chi connectivity index (χ1v) is 6.08. The zero-order valence-corrected chi connectivity index (χ0v) is 10.7. The zero-order chi connectivity index (χ0) is 13.7. The van der Waals surface area contributed by atoms with E-state index in [0.717, 1.165) is 6.42 Å². The summed E-state index contributed by atoms with van der Waals surface area (Å²) in [5.74, 6) is 0.436. The Morgan fingerprint density at radius 2 is 2.37 bits per heavy atom. The van der Waals surface area contributed by atoms with Crippen molar-refractivity contribution in [2.45, 2.75) is 25.8 Å². The summed E-state index contributed by atoms with van der Waals surface area (Å²) in [4.78, 5) is 19.7. The van der Waals surface area contributed by atoms with E-state index in [0.29, 0.717) is 17.9 Å². The molecule has 1 atom stereocenters. The SMILES string of the molecule is CCCC(N)C(=O)Nc1ccc(-n2cncn2)nc1. The number of hydrogen-bond acceptors (Lipinski definition) is 5. The molecule has 0 aromatic carbocycles. The number of anilines is 1. The molecule has 100 valence electrons. The van der Waals surface area contributed by atoms with Gasteiger partial charge in [-0.05, 0) is 18.6 Å². The summed E-state index contributed by atoms with van der Waals surface area (Å²) < 4.78 is 1.54. The van der Waals surface area contributed by atoms with Crippen LogP contribution in [-0.4, -0.2) is 31.7 Å². The molecule has 1 amide bonds. The first-order valence-electron chi connectivity index (χ1n) is 6.08. The smallest absolute Gasteiger partial charge is 0.241 e. The monoisotopic (exact) mass is 260 g/mol. The maximum Gasteiger partial charge on any atom is 0.241 e. The van der Waals surface area contributed by atoms with E-state index in [4.69, 9.17) is 5.73 Å².